The third kappa shape index (κ3) is 5.58. The molecule has 5 rings (SSSR count). The molecule has 4 aromatic rings. The molecule has 1 fully saturated rings. The zero-order valence-electron chi connectivity index (χ0n) is 20.1. The summed E-state index contributed by atoms with van der Waals surface area (Å²) in [5, 5.41) is 3.85. The molecule has 0 saturated carbocycles. The summed E-state index contributed by atoms with van der Waals surface area (Å²) in [6.07, 6.45) is 2.72. The number of hydrogen-bond donors (Lipinski definition) is 1. The van der Waals surface area contributed by atoms with E-state index in [0.717, 1.165) is 73.0 Å². The predicted octanol–water partition coefficient (Wildman–Crippen LogP) is 6.15. The lowest BCUT2D eigenvalue weighted by Crippen LogP contribution is -2.38. The zero-order chi connectivity index (χ0) is 24.2. The summed E-state index contributed by atoms with van der Waals surface area (Å²) >= 11 is 6.09. The summed E-state index contributed by atoms with van der Waals surface area (Å²) in [4.78, 5) is 20.2. The molecule has 3 aromatic carbocycles. The van der Waals surface area contributed by atoms with Gasteiger partial charge < -0.3 is 9.88 Å². The zero-order valence-corrected chi connectivity index (χ0v) is 20.8. The minimum absolute atomic E-state index is 0.0463. The lowest BCUT2D eigenvalue weighted by atomic mass is 9.95. The van der Waals surface area contributed by atoms with Gasteiger partial charge >= 0.3 is 0 Å². The molecule has 1 aromatic heterocycles. The fourth-order valence-corrected chi connectivity index (χ4v) is 4.94. The van der Waals surface area contributed by atoms with Crippen LogP contribution in [0.3, 0.4) is 0 Å². The Kier molecular flexibility index (Phi) is 7.16. The van der Waals surface area contributed by atoms with Crippen molar-refractivity contribution in [2.45, 2.75) is 39.3 Å². The van der Waals surface area contributed by atoms with Crippen molar-refractivity contribution in [3.05, 3.63) is 94.8 Å². The Hall–Kier alpha value is -3.15. The second-order valence-electron chi connectivity index (χ2n) is 9.32. The first kappa shape index (κ1) is 23.6. The molecule has 0 bridgehead atoms. The average Bonchev–Trinajstić information content (AvgIpc) is 3.23. The van der Waals surface area contributed by atoms with Gasteiger partial charge in [0.05, 0.1) is 17.6 Å². The first-order chi connectivity index (χ1) is 17.1. The molecule has 0 unspecified atom stereocenters. The Morgan fingerprint density at radius 1 is 0.943 bits per heavy atom. The van der Waals surface area contributed by atoms with Gasteiger partial charge in [-0.05, 0) is 79.9 Å². The second-order valence-corrected chi connectivity index (χ2v) is 9.76. The van der Waals surface area contributed by atoms with Crippen molar-refractivity contribution < 1.29 is 4.79 Å². The van der Waals surface area contributed by atoms with Crippen molar-refractivity contribution in [2.24, 2.45) is 5.92 Å². The summed E-state index contributed by atoms with van der Waals surface area (Å²) < 4.78 is 2.30. The fourth-order valence-electron chi connectivity index (χ4n) is 4.82. The Bertz CT molecular complexity index is 1290. The van der Waals surface area contributed by atoms with Crippen LogP contribution in [0.1, 0.15) is 36.7 Å². The maximum absolute atomic E-state index is 12.8. The van der Waals surface area contributed by atoms with Crippen LogP contribution in [0.15, 0.2) is 72.8 Å². The SMILES string of the molecule is CCc1ccc(NC(=O)C2CCN(Cc3nc4ccccc4n3Cc3ccc(Cl)cc3)CC2)cc1. The van der Waals surface area contributed by atoms with Crippen molar-refractivity contribution in [2.75, 3.05) is 18.4 Å². The van der Waals surface area contributed by atoms with Gasteiger partial charge in [0.1, 0.15) is 5.82 Å². The van der Waals surface area contributed by atoms with E-state index in [0.29, 0.717) is 0 Å². The summed E-state index contributed by atoms with van der Waals surface area (Å²) in [7, 11) is 0. The Labute approximate surface area is 211 Å². The van der Waals surface area contributed by atoms with E-state index in [1.54, 1.807) is 0 Å². The normalized spacial score (nSPS) is 14.9. The number of piperidine rings is 1. The molecule has 1 aliphatic rings. The van der Waals surface area contributed by atoms with Crippen LogP contribution in [0, 0.1) is 5.92 Å². The van der Waals surface area contributed by atoms with Gasteiger partial charge in [0, 0.05) is 23.2 Å². The van der Waals surface area contributed by atoms with Gasteiger partial charge in [-0.25, -0.2) is 4.98 Å². The van der Waals surface area contributed by atoms with Crippen LogP contribution in [0.2, 0.25) is 5.02 Å². The topological polar surface area (TPSA) is 50.2 Å². The molecular weight excluding hydrogens is 456 g/mol. The Morgan fingerprint density at radius 2 is 1.63 bits per heavy atom. The van der Waals surface area contributed by atoms with Crippen molar-refractivity contribution >= 4 is 34.2 Å². The van der Waals surface area contributed by atoms with E-state index in [9.17, 15) is 4.79 Å². The van der Waals surface area contributed by atoms with Gasteiger partial charge in [-0.1, -0.05) is 54.9 Å². The second kappa shape index (κ2) is 10.6. The van der Waals surface area contributed by atoms with Crippen LogP contribution in [0.5, 0.6) is 0 Å². The number of carbonyl (C=O) groups excluding carboxylic acids is 1. The minimum Gasteiger partial charge on any atom is -0.326 e. The van der Waals surface area contributed by atoms with E-state index in [4.69, 9.17) is 16.6 Å². The van der Waals surface area contributed by atoms with E-state index < -0.39 is 0 Å². The van der Waals surface area contributed by atoms with Crippen LogP contribution in [-0.2, 0) is 24.3 Å². The van der Waals surface area contributed by atoms with Gasteiger partial charge in [-0.3, -0.25) is 9.69 Å². The maximum atomic E-state index is 12.8. The summed E-state index contributed by atoms with van der Waals surface area (Å²) in [6.45, 7) is 5.43. The highest BCUT2D eigenvalue weighted by atomic mass is 35.5. The molecule has 5 nitrogen and oxygen atoms in total. The van der Waals surface area contributed by atoms with Gasteiger partial charge in [-0.2, -0.15) is 0 Å². The van der Waals surface area contributed by atoms with Crippen LogP contribution >= 0.6 is 11.6 Å². The predicted molar refractivity (Wildman–Crippen MR) is 143 cm³/mol. The number of halogens is 1. The lowest BCUT2D eigenvalue weighted by Gasteiger charge is -2.31. The van der Waals surface area contributed by atoms with E-state index in [1.165, 1.54) is 11.1 Å². The Balaban J connectivity index is 1.24. The van der Waals surface area contributed by atoms with E-state index in [1.807, 2.05) is 30.3 Å². The van der Waals surface area contributed by atoms with Gasteiger partial charge in [0.25, 0.3) is 0 Å². The average molecular weight is 487 g/mol. The lowest BCUT2D eigenvalue weighted by molar-refractivity contribution is -0.121. The maximum Gasteiger partial charge on any atom is 0.227 e. The highest BCUT2D eigenvalue weighted by molar-refractivity contribution is 6.30. The number of nitrogens with zero attached hydrogens (tertiary/aromatic N) is 3. The summed E-state index contributed by atoms with van der Waals surface area (Å²) in [5.74, 6) is 1.23. The van der Waals surface area contributed by atoms with Gasteiger partial charge in [-0.15, -0.1) is 0 Å². The Morgan fingerprint density at radius 3 is 2.34 bits per heavy atom. The molecule has 0 radical (unpaired) electrons. The first-order valence-corrected chi connectivity index (χ1v) is 12.8. The highest BCUT2D eigenvalue weighted by Gasteiger charge is 2.26. The van der Waals surface area contributed by atoms with Crippen LogP contribution in [0.25, 0.3) is 11.0 Å². The minimum atomic E-state index is 0.0463. The van der Waals surface area contributed by atoms with Crippen LogP contribution in [0.4, 0.5) is 5.69 Å². The molecule has 0 aliphatic carbocycles. The van der Waals surface area contributed by atoms with Crippen LogP contribution in [-0.4, -0.2) is 33.4 Å². The molecule has 0 spiro atoms. The molecule has 2 heterocycles. The molecule has 1 amide bonds. The summed E-state index contributed by atoms with van der Waals surface area (Å²) in [6, 6.07) is 24.5. The number of aryl methyl sites for hydroxylation is 1. The molecule has 6 heteroatoms. The number of aromatic nitrogens is 2. The van der Waals surface area contributed by atoms with Gasteiger partial charge in [0.2, 0.25) is 5.91 Å². The third-order valence-electron chi connectivity index (χ3n) is 6.94. The van der Waals surface area contributed by atoms with Crippen molar-refractivity contribution in [1.29, 1.82) is 0 Å². The van der Waals surface area contributed by atoms with E-state index in [-0.39, 0.29) is 11.8 Å². The van der Waals surface area contributed by atoms with E-state index >= 15 is 0 Å². The molecular formula is C29H31ClN4O. The van der Waals surface area contributed by atoms with Crippen molar-refractivity contribution in [1.82, 2.24) is 14.5 Å². The number of amides is 1. The third-order valence-corrected chi connectivity index (χ3v) is 7.19. The van der Waals surface area contributed by atoms with E-state index in [2.05, 4.69) is 64.2 Å². The van der Waals surface area contributed by atoms with Crippen molar-refractivity contribution in [3.63, 3.8) is 0 Å². The highest BCUT2D eigenvalue weighted by Crippen LogP contribution is 2.24. The first-order valence-electron chi connectivity index (χ1n) is 12.4. The quantitative estimate of drug-likeness (QED) is 0.341. The number of nitrogens with one attached hydrogen (secondary N) is 1. The molecule has 1 saturated heterocycles. The molecule has 0 atom stereocenters. The largest absolute Gasteiger partial charge is 0.326 e. The fraction of sp³-hybridized carbons (Fsp3) is 0.310. The van der Waals surface area contributed by atoms with Gasteiger partial charge in [0.15, 0.2) is 0 Å². The standard InChI is InChI=1S/C29H31ClN4O/c1-2-21-9-13-25(14-10-21)31-29(35)23-15-17-33(18-16-23)20-28-32-26-5-3-4-6-27(26)34(28)19-22-7-11-24(30)12-8-22/h3-14,23H,2,15-20H2,1H3,(H,31,35). The number of para-hydroxylation sites is 2. The smallest absolute Gasteiger partial charge is 0.227 e. The van der Waals surface area contributed by atoms with Crippen LogP contribution < -0.4 is 5.32 Å². The number of anilines is 1. The summed E-state index contributed by atoms with van der Waals surface area (Å²) in [5.41, 5.74) is 5.51. The number of rotatable bonds is 7. The molecule has 1 aliphatic heterocycles. The number of likely N-dealkylation sites (tertiary alicyclic amines) is 1. The molecule has 180 valence electrons. The number of benzene rings is 3. The number of carbonyl (C=O) groups is 1. The number of fused-ring (bicyclic) bond motifs is 1. The monoisotopic (exact) mass is 486 g/mol. The molecule has 1 N–H and O–H groups in total. The van der Waals surface area contributed by atoms with Crippen molar-refractivity contribution in [3.8, 4) is 0 Å². The number of imidazole rings is 1. The number of hydrogen-bond acceptors (Lipinski definition) is 3. The molecule has 35 heavy (non-hydrogen) atoms.